The van der Waals surface area contributed by atoms with E-state index in [2.05, 4.69) is 10.3 Å². The summed E-state index contributed by atoms with van der Waals surface area (Å²) >= 11 is 5.88. The molecule has 7 nitrogen and oxygen atoms in total. The number of fused-ring (bicyclic) bond motifs is 1. The number of halogens is 5. The van der Waals surface area contributed by atoms with Crippen LogP contribution in [-0.2, 0) is 16.2 Å². The molecule has 0 bridgehead atoms. The summed E-state index contributed by atoms with van der Waals surface area (Å²) < 4.78 is 86.6. The van der Waals surface area contributed by atoms with Crippen molar-refractivity contribution in [3.05, 3.63) is 76.7 Å². The molecule has 1 unspecified atom stereocenters. The lowest BCUT2D eigenvalue weighted by Gasteiger charge is -2.35. The minimum atomic E-state index is -4.84. The van der Waals surface area contributed by atoms with Crippen molar-refractivity contribution in [1.29, 1.82) is 0 Å². The maximum atomic E-state index is 13.4. The lowest BCUT2D eigenvalue weighted by Crippen LogP contribution is -2.45. The van der Waals surface area contributed by atoms with E-state index >= 15 is 0 Å². The molecular formula is C22H16ClF4N3O4S. The molecule has 1 amide bonds. The molecule has 0 saturated heterocycles. The van der Waals surface area contributed by atoms with Gasteiger partial charge in [0.05, 0.1) is 39.0 Å². The fourth-order valence-electron chi connectivity index (χ4n) is 3.55. The molecule has 3 aromatic rings. The van der Waals surface area contributed by atoms with Crippen molar-refractivity contribution >= 4 is 38.9 Å². The van der Waals surface area contributed by atoms with Gasteiger partial charge in [-0.15, -0.1) is 0 Å². The van der Waals surface area contributed by atoms with E-state index in [9.17, 15) is 30.8 Å². The van der Waals surface area contributed by atoms with Crippen LogP contribution in [0.15, 0.2) is 59.6 Å². The highest BCUT2D eigenvalue weighted by Crippen LogP contribution is 2.39. The van der Waals surface area contributed by atoms with E-state index in [-0.39, 0.29) is 28.8 Å². The van der Waals surface area contributed by atoms with Crippen LogP contribution in [0.3, 0.4) is 0 Å². The predicted molar refractivity (Wildman–Crippen MR) is 120 cm³/mol. The molecule has 13 heteroatoms. The monoisotopic (exact) mass is 529 g/mol. The van der Waals surface area contributed by atoms with Crippen molar-refractivity contribution in [2.75, 3.05) is 16.2 Å². The van der Waals surface area contributed by atoms with E-state index in [1.54, 1.807) is 6.92 Å². The Bertz CT molecular complexity index is 1400. The first kappa shape index (κ1) is 24.7. The van der Waals surface area contributed by atoms with Crippen molar-refractivity contribution in [3.8, 4) is 5.88 Å². The number of nitrogens with zero attached hydrogens (tertiary/aromatic N) is 2. The smallest absolute Gasteiger partial charge is 0.417 e. The number of rotatable bonds is 4. The van der Waals surface area contributed by atoms with Gasteiger partial charge in [0.25, 0.3) is 15.9 Å². The Morgan fingerprint density at radius 2 is 1.89 bits per heavy atom. The summed E-state index contributed by atoms with van der Waals surface area (Å²) in [6.45, 7) is 1.52. The second kappa shape index (κ2) is 9.00. The minimum absolute atomic E-state index is 0.0410. The van der Waals surface area contributed by atoms with Gasteiger partial charge < -0.3 is 10.1 Å². The van der Waals surface area contributed by atoms with E-state index in [0.717, 1.165) is 53.0 Å². The third-order valence-corrected chi connectivity index (χ3v) is 7.36. The summed E-state index contributed by atoms with van der Waals surface area (Å²) in [6, 6.07) is 7.61. The van der Waals surface area contributed by atoms with Gasteiger partial charge in [0, 0.05) is 0 Å². The fraction of sp³-hybridized carbons (Fsp3) is 0.182. The molecule has 0 radical (unpaired) electrons. The Hall–Kier alpha value is -3.38. The molecule has 2 heterocycles. The van der Waals surface area contributed by atoms with E-state index in [1.807, 2.05) is 0 Å². The summed E-state index contributed by atoms with van der Waals surface area (Å²) in [5.74, 6) is -1.85. The number of ether oxygens (including phenoxy) is 1. The van der Waals surface area contributed by atoms with Crippen LogP contribution in [0.2, 0.25) is 5.02 Å². The normalized spacial score (nSPS) is 15.8. The zero-order valence-electron chi connectivity index (χ0n) is 17.8. The summed E-state index contributed by atoms with van der Waals surface area (Å²) in [5.41, 5.74) is -2.18. The average Bonchev–Trinajstić information content (AvgIpc) is 2.78. The zero-order chi connectivity index (χ0) is 25.5. The van der Waals surface area contributed by atoms with Crippen LogP contribution < -0.4 is 14.4 Å². The van der Waals surface area contributed by atoms with Crippen LogP contribution in [0.5, 0.6) is 5.88 Å². The molecule has 4 rings (SSSR count). The number of alkyl halides is 3. The lowest BCUT2D eigenvalue weighted by molar-refractivity contribution is -0.137. The first-order valence-electron chi connectivity index (χ1n) is 9.99. The van der Waals surface area contributed by atoms with Crippen molar-refractivity contribution in [1.82, 2.24) is 4.98 Å². The molecular weight excluding hydrogens is 514 g/mol. The first-order chi connectivity index (χ1) is 16.4. The Labute approximate surface area is 202 Å². The third-order valence-electron chi connectivity index (χ3n) is 5.11. The molecule has 0 aliphatic carbocycles. The van der Waals surface area contributed by atoms with E-state index in [4.69, 9.17) is 16.3 Å². The van der Waals surface area contributed by atoms with Gasteiger partial charge in [-0.25, -0.2) is 17.8 Å². The number of hydrogen-bond acceptors (Lipinski definition) is 5. The Kier molecular flexibility index (Phi) is 6.36. The molecule has 1 aliphatic rings. The topological polar surface area (TPSA) is 88.6 Å². The molecule has 1 aromatic heterocycles. The maximum absolute atomic E-state index is 13.4. The van der Waals surface area contributed by atoms with Crippen molar-refractivity contribution in [2.45, 2.75) is 24.0 Å². The highest BCUT2D eigenvalue weighted by molar-refractivity contribution is 7.92. The molecule has 1 aliphatic heterocycles. The van der Waals surface area contributed by atoms with Gasteiger partial charge in [-0.3, -0.25) is 9.10 Å². The van der Waals surface area contributed by atoms with Gasteiger partial charge in [0.2, 0.25) is 5.88 Å². The van der Waals surface area contributed by atoms with Crippen molar-refractivity contribution < 1.29 is 35.5 Å². The van der Waals surface area contributed by atoms with E-state index < -0.39 is 50.1 Å². The zero-order valence-corrected chi connectivity index (χ0v) is 19.4. The molecule has 0 fully saturated rings. The molecule has 0 saturated carbocycles. The molecule has 0 spiro atoms. The highest BCUT2D eigenvalue weighted by Gasteiger charge is 2.38. The molecule has 35 heavy (non-hydrogen) atoms. The Balaban J connectivity index is 1.73. The van der Waals surface area contributed by atoms with Crippen LogP contribution in [0.1, 0.15) is 22.8 Å². The number of amides is 1. The van der Waals surface area contributed by atoms with Crippen molar-refractivity contribution in [2.24, 2.45) is 0 Å². The summed E-state index contributed by atoms with van der Waals surface area (Å²) in [6.07, 6.45) is -3.73. The fourth-order valence-corrected chi connectivity index (χ4v) is 5.45. The van der Waals surface area contributed by atoms with Gasteiger partial charge in [0.15, 0.2) is 0 Å². The number of sulfonamides is 1. The molecule has 184 valence electrons. The average molecular weight is 530 g/mol. The molecule has 2 aromatic carbocycles. The van der Waals surface area contributed by atoms with Gasteiger partial charge in [-0.2, -0.15) is 13.2 Å². The van der Waals surface area contributed by atoms with Crippen LogP contribution in [0.4, 0.5) is 28.9 Å². The number of hydrogen-bond donors (Lipinski definition) is 1. The van der Waals surface area contributed by atoms with Crippen LogP contribution in [0, 0.1) is 5.82 Å². The molecule has 1 N–H and O–H groups in total. The predicted octanol–water partition coefficient (Wildman–Crippen LogP) is 5.12. The van der Waals surface area contributed by atoms with E-state index in [1.165, 1.54) is 6.07 Å². The van der Waals surface area contributed by atoms with Gasteiger partial charge in [0.1, 0.15) is 18.1 Å². The maximum Gasteiger partial charge on any atom is 0.417 e. The standard InChI is InChI=1S/C22H16ClF4N3O4S/c1-12-11-34-21-18(30(12)35(32,33)15-7-5-13(24)6-8-15)9-14(10-28-21)29-20(31)19-16(22(25,26)27)3-2-4-17(19)23/h2-10,12H,11H2,1H3,(H,29,31). The Morgan fingerprint density at radius 1 is 1.20 bits per heavy atom. The number of benzene rings is 2. The lowest BCUT2D eigenvalue weighted by atomic mass is 10.1. The second-order valence-corrected chi connectivity index (χ2v) is 9.80. The third kappa shape index (κ3) is 4.76. The quantitative estimate of drug-likeness (QED) is 0.474. The largest absolute Gasteiger partial charge is 0.474 e. The number of pyridine rings is 1. The van der Waals surface area contributed by atoms with Crippen molar-refractivity contribution in [3.63, 3.8) is 0 Å². The van der Waals surface area contributed by atoms with Crippen LogP contribution >= 0.6 is 11.6 Å². The number of anilines is 2. The van der Waals surface area contributed by atoms with Gasteiger partial charge in [-0.05, 0) is 49.4 Å². The number of carbonyl (C=O) groups is 1. The summed E-state index contributed by atoms with van der Waals surface area (Å²) in [5, 5.41) is 1.87. The SMILES string of the molecule is CC1COc2ncc(NC(=O)c3c(Cl)cccc3C(F)(F)F)cc2N1S(=O)(=O)c1ccc(F)cc1. The van der Waals surface area contributed by atoms with Gasteiger partial charge >= 0.3 is 6.18 Å². The minimum Gasteiger partial charge on any atom is -0.474 e. The number of carbonyl (C=O) groups excluding carboxylic acids is 1. The Morgan fingerprint density at radius 3 is 2.54 bits per heavy atom. The van der Waals surface area contributed by atoms with E-state index in [0.29, 0.717) is 0 Å². The summed E-state index contributed by atoms with van der Waals surface area (Å²) in [4.78, 5) is 16.6. The number of aromatic nitrogens is 1. The highest BCUT2D eigenvalue weighted by atomic mass is 35.5. The molecule has 1 atom stereocenters. The van der Waals surface area contributed by atoms with Gasteiger partial charge in [-0.1, -0.05) is 17.7 Å². The van der Waals surface area contributed by atoms with Crippen LogP contribution in [0.25, 0.3) is 0 Å². The first-order valence-corrected chi connectivity index (χ1v) is 11.8. The van der Waals surface area contributed by atoms with Crippen LogP contribution in [-0.4, -0.2) is 32.0 Å². The summed E-state index contributed by atoms with van der Waals surface area (Å²) in [7, 11) is -4.21. The number of nitrogens with one attached hydrogen (secondary N) is 1. The second-order valence-electron chi connectivity index (χ2n) is 7.58.